The van der Waals surface area contributed by atoms with Crippen molar-refractivity contribution in [2.24, 2.45) is 0 Å². The van der Waals surface area contributed by atoms with E-state index in [1.165, 1.54) is 6.07 Å². The first-order valence-electron chi connectivity index (χ1n) is 4.48. The van der Waals surface area contributed by atoms with Gasteiger partial charge in [-0.15, -0.1) is 0 Å². The highest BCUT2D eigenvalue weighted by Crippen LogP contribution is 2.16. The second kappa shape index (κ2) is 5.11. The standard InChI is InChI=1S/C9H11FN2O4S/c1-16-9(13)5-12-17(14,15)8-3-2-6(11)4-7(8)10/h2-4,12H,5,11H2,1H3. The summed E-state index contributed by atoms with van der Waals surface area (Å²) in [6.45, 7) is -0.567. The molecule has 8 heteroatoms. The summed E-state index contributed by atoms with van der Waals surface area (Å²) in [6, 6.07) is 3.15. The number of esters is 1. The Bertz CT molecular complexity index is 530. The minimum Gasteiger partial charge on any atom is -0.468 e. The van der Waals surface area contributed by atoms with Crippen LogP contribution >= 0.6 is 0 Å². The number of nitrogen functional groups attached to an aromatic ring is 1. The Morgan fingerprint density at radius 1 is 1.53 bits per heavy atom. The van der Waals surface area contributed by atoms with Gasteiger partial charge in [0, 0.05) is 5.69 Å². The van der Waals surface area contributed by atoms with Gasteiger partial charge in [-0.2, -0.15) is 4.72 Å². The predicted octanol–water partition coefficient (Wildman–Crippen LogP) is -0.141. The molecule has 0 fully saturated rings. The molecule has 0 atom stereocenters. The van der Waals surface area contributed by atoms with Crippen molar-refractivity contribution in [2.75, 3.05) is 19.4 Å². The molecule has 6 nitrogen and oxygen atoms in total. The van der Waals surface area contributed by atoms with Gasteiger partial charge in [0.15, 0.2) is 0 Å². The van der Waals surface area contributed by atoms with Gasteiger partial charge >= 0.3 is 5.97 Å². The van der Waals surface area contributed by atoms with Crippen molar-refractivity contribution in [1.82, 2.24) is 4.72 Å². The molecule has 0 heterocycles. The van der Waals surface area contributed by atoms with Crippen LogP contribution in [-0.2, 0) is 19.6 Å². The molecule has 0 bridgehead atoms. The maximum absolute atomic E-state index is 13.3. The predicted molar refractivity (Wildman–Crippen MR) is 58.0 cm³/mol. The highest BCUT2D eigenvalue weighted by Gasteiger charge is 2.19. The molecular weight excluding hydrogens is 251 g/mol. The molecule has 0 unspecified atom stereocenters. The average Bonchev–Trinajstić information content (AvgIpc) is 2.25. The molecule has 0 spiro atoms. The van der Waals surface area contributed by atoms with E-state index in [1.54, 1.807) is 0 Å². The molecule has 0 aliphatic heterocycles. The third-order valence-electron chi connectivity index (χ3n) is 1.88. The normalized spacial score (nSPS) is 11.2. The number of benzene rings is 1. The number of ether oxygens (including phenoxy) is 1. The highest BCUT2D eigenvalue weighted by atomic mass is 32.2. The zero-order valence-corrected chi connectivity index (χ0v) is 9.75. The Balaban J connectivity index is 2.94. The van der Waals surface area contributed by atoms with Crippen molar-refractivity contribution in [3.8, 4) is 0 Å². The van der Waals surface area contributed by atoms with Crippen LogP contribution in [0.1, 0.15) is 0 Å². The molecule has 0 saturated carbocycles. The zero-order valence-electron chi connectivity index (χ0n) is 8.94. The Morgan fingerprint density at radius 3 is 2.71 bits per heavy atom. The van der Waals surface area contributed by atoms with Crippen LogP contribution in [0.25, 0.3) is 0 Å². The lowest BCUT2D eigenvalue weighted by Gasteiger charge is -2.07. The second-order valence-electron chi connectivity index (χ2n) is 3.09. The number of hydrogen-bond acceptors (Lipinski definition) is 5. The van der Waals surface area contributed by atoms with Crippen LogP contribution < -0.4 is 10.5 Å². The second-order valence-corrected chi connectivity index (χ2v) is 4.83. The van der Waals surface area contributed by atoms with Gasteiger partial charge in [-0.3, -0.25) is 4.79 Å². The minimum absolute atomic E-state index is 0.106. The summed E-state index contributed by atoms with van der Waals surface area (Å²) in [6.07, 6.45) is 0. The molecule has 0 aromatic heterocycles. The molecular formula is C9H11FN2O4S. The van der Waals surface area contributed by atoms with Crippen LogP contribution in [0.2, 0.25) is 0 Å². The molecule has 0 saturated heterocycles. The van der Waals surface area contributed by atoms with E-state index in [0.29, 0.717) is 0 Å². The van der Waals surface area contributed by atoms with Crippen molar-refractivity contribution in [3.05, 3.63) is 24.0 Å². The fourth-order valence-corrected chi connectivity index (χ4v) is 2.07. The summed E-state index contributed by atoms with van der Waals surface area (Å²) in [5, 5.41) is 0. The molecule has 1 rings (SSSR count). The first kappa shape index (κ1) is 13.4. The Kier molecular flexibility index (Phi) is 4.02. The van der Waals surface area contributed by atoms with Crippen LogP contribution in [0.5, 0.6) is 0 Å². The summed E-state index contributed by atoms with van der Waals surface area (Å²) >= 11 is 0. The van der Waals surface area contributed by atoms with Crippen molar-refractivity contribution in [2.45, 2.75) is 4.90 Å². The van der Waals surface area contributed by atoms with Gasteiger partial charge in [0.25, 0.3) is 0 Å². The van der Waals surface area contributed by atoms with E-state index in [-0.39, 0.29) is 5.69 Å². The fourth-order valence-electron chi connectivity index (χ4n) is 1.04. The molecule has 17 heavy (non-hydrogen) atoms. The monoisotopic (exact) mass is 262 g/mol. The molecule has 0 aliphatic carbocycles. The van der Waals surface area contributed by atoms with Gasteiger partial charge in [0.2, 0.25) is 10.0 Å². The van der Waals surface area contributed by atoms with Gasteiger partial charge in [-0.05, 0) is 18.2 Å². The zero-order chi connectivity index (χ0) is 13.1. The van der Waals surface area contributed by atoms with E-state index in [9.17, 15) is 17.6 Å². The number of carbonyl (C=O) groups is 1. The van der Waals surface area contributed by atoms with E-state index in [1.807, 2.05) is 4.72 Å². The van der Waals surface area contributed by atoms with Gasteiger partial charge in [0.1, 0.15) is 17.3 Å². The molecule has 0 amide bonds. The van der Waals surface area contributed by atoms with Crippen molar-refractivity contribution >= 4 is 21.7 Å². The van der Waals surface area contributed by atoms with Gasteiger partial charge in [-0.1, -0.05) is 0 Å². The van der Waals surface area contributed by atoms with E-state index in [4.69, 9.17) is 5.73 Å². The Morgan fingerprint density at radius 2 is 2.18 bits per heavy atom. The number of anilines is 1. The first-order valence-corrected chi connectivity index (χ1v) is 5.96. The molecule has 94 valence electrons. The number of halogens is 1. The number of methoxy groups -OCH3 is 1. The molecule has 1 aromatic rings. The van der Waals surface area contributed by atoms with Crippen LogP contribution in [0, 0.1) is 5.82 Å². The number of sulfonamides is 1. The van der Waals surface area contributed by atoms with Crippen LogP contribution in [-0.4, -0.2) is 28.0 Å². The minimum atomic E-state index is -4.09. The van der Waals surface area contributed by atoms with Crippen LogP contribution in [0.3, 0.4) is 0 Å². The quantitative estimate of drug-likeness (QED) is 0.581. The number of rotatable bonds is 4. The van der Waals surface area contributed by atoms with Crippen LogP contribution in [0.4, 0.5) is 10.1 Å². The summed E-state index contributed by atoms with van der Waals surface area (Å²) in [5.74, 6) is -1.76. The third-order valence-corrected chi connectivity index (χ3v) is 3.31. The van der Waals surface area contributed by atoms with E-state index in [2.05, 4.69) is 4.74 Å². The lowest BCUT2D eigenvalue weighted by Crippen LogP contribution is -2.30. The Hall–Kier alpha value is -1.67. The van der Waals surface area contributed by atoms with Crippen molar-refractivity contribution < 1.29 is 22.3 Å². The highest BCUT2D eigenvalue weighted by molar-refractivity contribution is 7.89. The topological polar surface area (TPSA) is 98.5 Å². The van der Waals surface area contributed by atoms with E-state index in [0.717, 1.165) is 19.2 Å². The Labute approximate surface area is 97.6 Å². The van der Waals surface area contributed by atoms with Crippen molar-refractivity contribution in [3.63, 3.8) is 0 Å². The number of nitrogens with two attached hydrogens (primary N) is 1. The van der Waals surface area contributed by atoms with E-state index < -0.39 is 33.3 Å². The smallest absolute Gasteiger partial charge is 0.320 e. The lowest BCUT2D eigenvalue weighted by molar-refractivity contribution is -0.139. The van der Waals surface area contributed by atoms with Crippen LogP contribution in [0.15, 0.2) is 23.1 Å². The summed E-state index contributed by atoms with van der Waals surface area (Å²) in [7, 11) is -2.98. The summed E-state index contributed by atoms with van der Waals surface area (Å²) < 4.78 is 42.7. The molecule has 1 aromatic carbocycles. The largest absolute Gasteiger partial charge is 0.468 e. The number of nitrogens with one attached hydrogen (secondary N) is 1. The maximum Gasteiger partial charge on any atom is 0.320 e. The molecule has 0 aliphatic rings. The molecule has 0 radical (unpaired) electrons. The van der Waals surface area contributed by atoms with E-state index >= 15 is 0 Å². The average molecular weight is 262 g/mol. The lowest BCUT2D eigenvalue weighted by atomic mass is 10.3. The van der Waals surface area contributed by atoms with Gasteiger partial charge in [0.05, 0.1) is 7.11 Å². The third kappa shape index (κ3) is 3.40. The first-order chi connectivity index (χ1) is 7.86. The summed E-state index contributed by atoms with van der Waals surface area (Å²) in [5.41, 5.74) is 5.39. The summed E-state index contributed by atoms with van der Waals surface area (Å²) in [4.78, 5) is 10.2. The fraction of sp³-hybridized carbons (Fsp3) is 0.222. The number of carbonyl (C=O) groups excluding carboxylic acids is 1. The maximum atomic E-state index is 13.3. The van der Waals surface area contributed by atoms with Gasteiger partial charge < -0.3 is 10.5 Å². The SMILES string of the molecule is COC(=O)CNS(=O)(=O)c1ccc(N)cc1F. The number of hydrogen-bond donors (Lipinski definition) is 2. The molecule has 3 N–H and O–H groups in total. The van der Waals surface area contributed by atoms with Crippen molar-refractivity contribution in [1.29, 1.82) is 0 Å². The van der Waals surface area contributed by atoms with Gasteiger partial charge in [-0.25, -0.2) is 12.8 Å².